The quantitative estimate of drug-likeness (QED) is 0.295. The monoisotopic (exact) mass is 467 g/mol. The molecule has 3 aromatic carbocycles. The largest absolute Gasteiger partial charge is 0.497 e. The summed E-state index contributed by atoms with van der Waals surface area (Å²) in [6.45, 7) is 0. The number of rotatable bonds is 6. The highest BCUT2D eigenvalue weighted by molar-refractivity contribution is 8.15. The van der Waals surface area contributed by atoms with E-state index in [-0.39, 0.29) is 5.91 Å². The maximum Gasteiger partial charge on any atom is 0.243 e. The fraction of sp³-hybridized carbons (Fsp3) is 0.0769. The summed E-state index contributed by atoms with van der Waals surface area (Å²) in [4.78, 5) is 14.0. The van der Waals surface area contributed by atoms with Gasteiger partial charge in [-0.1, -0.05) is 48.2 Å². The van der Waals surface area contributed by atoms with Gasteiger partial charge >= 0.3 is 0 Å². The third-order valence-corrected chi connectivity index (χ3v) is 6.16. The maximum absolute atomic E-state index is 12.4. The Bertz CT molecular complexity index is 1350. The summed E-state index contributed by atoms with van der Waals surface area (Å²) >= 11 is 1.37. The molecule has 4 aromatic rings. The number of aromatic nitrogens is 2. The Labute approximate surface area is 201 Å². The number of thioether (sulfide) groups is 1. The zero-order chi connectivity index (χ0) is 23.3. The lowest BCUT2D eigenvalue weighted by molar-refractivity contribution is -0.115. The van der Waals surface area contributed by atoms with E-state index in [1.54, 1.807) is 18.2 Å². The van der Waals surface area contributed by atoms with Crippen molar-refractivity contribution in [3.63, 3.8) is 0 Å². The second-order valence-corrected chi connectivity index (χ2v) is 8.36. The van der Waals surface area contributed by atoms with Crippen molar-refractivity contribution in [1.82, 2.24) is 9.78 Å². The molecule has 8 heteroatoms. The van der Waals surface area contributed by atoms with Crippen molar-refractivity contribution in [1.29, 1.82) is 0 Å². The number of para-hydroxylation sites is 2. The fourth-order valence-electron chi connectivity index (χ4n) is 3.58. The lowest BCUT2D eigenvalue weighted by Crippen LogP contribution is -2.28. The number of amidine groups is 1. The van der Waals surface area contributed by atoms with Gasteiger partial charge in [0.25, 0.3) is 0 Å². The summed E-state index contributed by atoms with van der Waals surface area (Å²) in [6, 6.07) is 27.1. The summed E-state index contributed by atoms with van der Waals surface area (Å²) < 4.78 is 7.10. The number of methoxy groups -OCH3 is 1. The molecule has 0 saturated carbocycles. The van der Waals surface area contributed by atoms with E-state index in [0.717, 1.165) is 33.9 Å². The molecule has 0 radical (unpaired) electrons. The van der Waals surface area contributed by atoms with E-state index in [1.165, 1.54) is 11.8 Å². The van der Waals surface area contributed by atoms with E-state index in [9.17, 15) is 4.79 Å². The van der Waals surface area contributed by atoms with Gasteiger partial charge in [-0.3, -0.25) is 9.69 Å². The lowest BCUT2D eigenvalue weighted by atomic mass is 10.1. The normalized spacial score (nSPS) is 14.9. The lowest BCUT2D eigenvalue weighted by Gasteiger charge is -2.14. The van der Waals surface area contributed by atoms with Gasteiger partial charge in [0.1, 0.15) is 11.4 Å². The van der Waals surface area contributed by atoms with Gasteiger partial charge < -0.3 is 4.74 Å². The molecule has 0 aliphatic carbocycles. The molecule has 1 aromatic heterocycles. The van der Waals surface area contributed by atoms with Crippen LogP contribution in [0, 0.1) is 0 Å². The summed E-state index contributed by atoms with van der Waals surface area (Å²) in [5, 5.41) is 14.0. The van der Waals surface area contributed by atoms with E-state index in [4.69, 9.17) is 9.84 Å². The van der Waals surface area contributed by atoms with Gasteiger partial charge in [-0.25, -0.2) is 4.68 Å². The minimum absolute atomic E-state index is 0.0130. The molecule has 168 valence electrons. The van der Waals surface area contributed by atoms with Crippen LogP contribution in [-0.4, -0.2) is 39.9 Å². The number of hydrogen-bond donors (Lipinski definition) is 0. The van der Waals surface area contributed by atoms with Crippen LogP contribution in [0.25, 0.3) is 16.9 Å². The van der Waals surface area contributed by atoms with Crippen LogP contribution in [0.1, 0.15) is 5.56 Å². The van der Waals surface area contributed by atoms with Crippen molar-refractivity contribution in [2.45, 2.75) is 0 Å². The minimum atomic E-state index is -0.0130. The Morgan fingerprint density at radius 2 is 1.62 bits per heavy atom. The van der Waals surface area contributed by atoms with Crippen molar-refractivity contribution >= 4 is 34.7 Å². The summed E-state index contributed by atoms with van der Waals surface area (Å²) in [7, 11) is 1.64. The molecule has 0 unspecified atom stereocenters. The highest BCUT2D eigenvalue weighted by Crippen LogP contribution is 2.27. The molecule has 0 N–H and O–H groups in total. The highest BCUT2D eigenvalue weighted by Gasteiger charge is 2.29. The molecule has 1 saturated heterocycles. The van der Waals surface area contributed by atoms with Crippen LogP contribution in [-0.2, 0) is 4.79 Å². The zero-order valence-electron chi connectivity index (χ0n) is 18.4. The van der Waals surface area contributed by atoms with E-state index in [2.05, 4.69) is 10.2 Å². The van der Waals surface area contributed by atoms with Crippen LogP contribution in [0.15, 0.2) is 101 Å². The Morgan fingerprint density at radius 3 is 2.29 bits per heavy atom. The fourth-order valence-corrected chi connectivity index (χ4v) is 4.40. The van der Waals surface area contributed by atoms with Gasteiger partial charge in [-0.05, 0) is 48.5 Å². The first-order valence-electron chi connectivity index (χ1n) is 10.6. The van der Waals surface area contributed by atoms with Crippen LogP contribution in [0.5, 0.6) is 5.75 Å². The molecule has 1 aliphatic heterocycles. The number of hydrogen-bond acceptors (Lipinski definition) is 6. The van der Waals surface area contributed by atoms with Crippen LogP contribution >= 0.6 is 11.8 Å². The zero-order valence-corrected chi connectivity index (χ0v) is 19.2. The van der Waals surface area contributed by atoms with Crippen molar-refractivity contribution in [2.75, 3.05) is 17.8 Å². The second-order valence-electron chi connectivity index (χ2n) is 7.42. The average Bonchev–Trinajstić information content (AvgIpc) is 3.49. The van der Waals surface area contributed by atoms with Crippen molar-refractivity contribution in [3.05, 3.63) is 96.7 Å². The first kappa shape index (κ1) is 21.7. The van der Waals surface area contributed by atoms with Crippen molar-refractivity contribution < 1.29 is 9.53 Å². The minimum Gasteiger partial charge on any atom is -0.497 e. The topological polar surface area (TPSA) is 72.1 Å². The number of carbonyl (C=O) groups excluding carboxylic acids is 1. The van der Waals surface area contributed by atoms with E-state index >= 15 is 0 Å². The molecule has 1 amide bonds. The molecule has 5 rings (SSSR count). The number of carbonyl (C=O) groups is 1. The van der Waals surface area contributed by atoms with E-state index in [0.29, 0.717) is 10.9 Å². The second kappa shape index (κ2) is 9.76. The predicted octanol–water partition coefficient (Wildman–Crippen LogP) is 5.02. The third kappa shape index (κ3) is 4.49. The van der Waals surface area contributed by atoms with Gasteiger partial charge in [-0.2, -0.15) is 10.2 Å². The summed E-state index contributed by atoms with van der Waals surface area (Å²) in [5.74, 6) is 1.10. The first-order chi connectivity index (χ1) is 16.7. The SMILES string of the molecule is COc1ccc(-c2nn(-c3ccccc3)cc2/C=N\N=C2/SCC(=O)N2c2ccccc2)cc1. The Hall–Kier alpha value is -4.17. The van der Waals surface area contributed by atoms with Gasteiger partial charge in [0.05, 0.1) is 30.5 Å². The summed E-state index contributed by atoms with van der Waals surface area (Å²) in [6.07, 6.45) is 3.59. The number of amides is 1. The molecular weight excluding hydrogens is 446 g/mol. The van der Waals surface area contributed by atoms with Crippen molar-refractivity contribution in [3.8, 4) is 22.7 Å². The molecule has 7 nitrogen and oxygen atoms in total. The molecule has 2 heterocycles. The Balaban J connectivity index is 1.49. The molecule has 0 spiro atoms. The van der Waals surface area contributed by atoms with Crippen LogP contribution < -0.4 is 9.64 Å². The van der Waals surface area contributed by atoms with Gasteiger partial charge in [0.2, 0.25) is 5.91 Å². The smallest absolute Gasteiger partial charge is 0.243 e. The number of anilines is 1. The number of ether oxygens (including phenoxy) is 1. The van der Waals surface area contributed by atoms with E-state index in [1.807, 2.05) is 95.8 Å². The highest BCUT2D eigenvalue weighted by atomic mass is 32.2. The molecule has 0 atom stereocenters. The van der Waals surface area contributed by atoms with Gasteiger partial charge in [0.15, 0.2) is 5.17 Å². The average molecular weight is 468 g/mol. The molecule has 34 heavy (non-hydrogen) atoms. The number of benzene rings is 3. The van der Waals surface area contributed by atoms with Crippen LogP contribution in [0.4, 0.5) is 5.69 Å². The number of nitrogens with zero attached hydrogens (tertiary/aromatic N) is 5. The molecule has 1 fully saturated rings. The Morgan fingerprint density at radius 1 is 0.941 bits per heavy atom. The maximum atomic E-state index is 12.4. The van der Waals surface area contributed by atoms with E-state index < -0.39 is 0 Å². The Kier molecular flexibility index (Phi) is 6.22. The van der Waals surface area contributed by atoms with Crippen LogP contribution in [0.2, 0.25) is 0 Å². The molecular formula is C26H21N5O2S. The predicted molar refractivity (Wildman–Crippen MR) is 137 cm³/mol. The molecule has 0 bridgehead atoms. The summed E-state index contributed by atoms with van der Waals surface area (Å²) in [5.41, 5.74) is 4.23. The first-order valence-corrected chi connectivity index (χ1v) is 11.6. The third-order valence-electron chi connectivity index (χ3n) is 5.25. The van der Waals surface area contributed by atoms with Crippen LogP contribution in [0.3, 0.4) is 0 Å². The van der Waals surface area contributed by atoms with Gasteiger partial charge in [-0.15, -0.1) is 5.10 Å². The molecule has 1 aliphatic rings. The van der Waals surface area contributed by atoms with Gasteiger partial charge in [0, 0.05) is 17.3 Å². The standard InChI is InChI=1S/C26H21N5O2S/c1-33-23-14-12-19(13-15-23)25-20(17-30(29-25)21-8-4-2-5-9-21)16-27-28-26-31(24(32)18-34-26)22-10-6-3-7-11-22/h2-17H,18H2,1H3/b27-16-,28-26-. The van der Waals surface area contributed by atoms with Crippen molar-refractivity contribution in [2.24, 2.45) is 10.2 Å².